The molecule has 21 heavy (non-hydrogen) atoms. The minimum absolute atomic E-state index is 0.0357. The van der Waals surface area contributed by atoms with Gasteiger partial charge in [0, 0.05) is 12.0 Å². The van der Waals surface area contributed by atoms with Crippen LogP contribution in [-0.4, -0.2) is 16.0 Å². The van der Waals surface area contributed by atoms with Gasteiger partial charge in [0.2, 0.25) is 0 Å². The fourth-order valence-electron chi connectivity index (χ4n) is 2.49. The highest BCUT2D eigenvalue weighted by Crippen LogP contribution is 2.25. The van der Waals surface area contributed by atoms with Gasteiger partial charge >= 0.3 is 0 Å². The molecule has 3 aromatic rings. The van der Waals surface area contributed by atoms with Gasteiger partial charge in [0.25, 0.3) is 0 Å². The molecule has 104 valence electrons. The molecule has 1 heterocycles. The molecule has 1 N–H and O–H groups in total. The molecule has 0 amide bonds. The van der Waals surface area contributed by atoms with E-state index in [0.29, 0.717) is 12.0 Å². The van der Waals surface area contributed by atoms with Crippen molar-refractivity contribution in [2.45, 2.75) is 13.3 Å². The van der Waals surface area contributed by atoms with Crippen molar-refractivity contribution in [3.8, 4) is 11.3 Å². The zero-order valence-corrected chi connectivity index (χ0v) is 11.8. The third-order valence-electron chi connectivity index (χ3n) is 3.46. The summed E-state index contributed by atoms with van der Waals surface area (Å²) in [6.07, 6.45) is 0.676. The SMILES string of the molecule is CC(=O)c1c(-c2ccccc2)n[nH]c1Cc1ccccc1. The average molecular weight is 276 g/mol. The molecule has 1 aromatic heterocycles. The minimum Gasteiger partial charge on any atom is -0.294 e. The lowest BCUT2D eigenvalue weighted by molar-refractivity contribution is 0.101. The van der Waals surface area contributed by atoms with Gasteiger partial charge in [-0.1, -0.05) is 60.7 Å². The van der Waals surface area contributed by atoms with E-state index >= 15 is 0 Å². The van der Waals surface area contributed by atoms with Crippen molar-refractivity contribution in [1.29, 1.82) is 0 Å². The van der Waals surface area contributed by atoms with Gasteiger partial charge in [-0.2, -0.15) is 5.10 Å². The molecule has 3 rings (SSSR count). The van der Waals surface area contributed by atoms with Crippen molar-refractivity contribution in [3.63, 3.8) is 0 Å². The summed E-state index contributed by atoms with van der Waals surface area (Å²) in [4.78, 5) is 12.1. The normalized spacial score (nSPS) is 10.5. The van der Waals surface area contributed by atoms with Crippen LogP contribution in [0.2, 0.25) is 0 Å². The Morgan fingerprint density at radius 1 is 1.00 bits per heavy atom. The van der Waals surface area contributed by atoms with E-state index in [0.717, 1.165) is 22.5 Å². The highest BCUT2D eigenvalue weighted by Gasteiger charge is 2.18. The van der Waals surface area contributed by atoms with E-state index < -0.39 is 0 Å². The number of aromatic amines is 1. The number of hydrogen-bond donors (Lipinski definition) is 1. The van der Waals surface area contributed by atoms with Crippen LogP contribution in [0.15, 0.2) is 60.7 Å². The number of ketones is 1. The fourth-order valence-corrected chi connectivity index (χ4v) is 2.49. The Balaban J connectivity index is 2.03. The maximum Gasteiger partial charge on any atom is 0.163 e. The molecular formula is C18H16N2O. The van der Waals surface area contributed by atoms with Crippen LogP contribution in [0.1, 0.15) is 28.5 Å². The Bertz CT molecular complexity index is 745. The molecule has 0 aliphatic carbocycles. The molecule has 0 radical (unpaired) electrons. The molecule has 0 unspecified atom stereocenters. The second-order valence-corrected chi connectivity index (χ2v) is 5.01. The van der Waals surface area contributed by atoms with Crippen molar-refractivity contribution >= 4 is 5.78 Å². The lowest BCUT2D eigenvalue weighted by Crippen LogP contribution is -2.00. The van der Waals surface area contributed by atoms with Gasteiger partial charge in [0.05, 0.1) is 11.3 Å². The number of aromatic nitrogens is 2. The first kappa shape index (κ1) is 13.3. The number of benzene rings is 2. The second-order valence-electron chi connectivity index (χ2n) is 5.01. The molecule has 0 aliphatic heterocycles. The molecule has 3 heteroatoms. The Hall–Kier alpha value is -2.68. The van der Waals surface area contributed by atoms with E-state index in [2.05, 4.69) is 10.2 Å². The first-order valence-corrected chi connectivity index (χ1v) is 6.93. The van der Waals surface area contributed by atoms with Gasteiger partial charge in [0.1, 0.15) is 5.69 Å². The van der Waals surface area contributed by atoms with Crippen molar-refractivity contribution in [2.24, 2.45) is 0 Å². The molecule has 0 atom stereocenters. The van der Waals surface area contributed by atoms with Gasteiger partial charge < -0.3 is 0 Å². The van der Waals surface area contributed by atoms with Crippen molar-refractivity contribution < 1.29 is 4.79 Å². The van der Waals surface area contributed by atoms with Crippen molar-refractivity contribution in [3.05, 3.63) is 77.5 Å². The Morgan fingerprint density at radius 2 is 1.62 bits per heavy atom. The topological polar surface area (TPSA) is 45.8 Å². The molecular weight excluding hydrogens is 260 g/mol. The summed E-state index contributed by atoms with van der Waals surface area (Å²) in [7, 11) is 0. The molecule has 0 saturated carbocycles. The monoisotopic (exact) mass is 276 g/mol. The van der Waals surface area contributed by atoms with Crippen LogP contribution >= 0.6 is 0 Å². The second kappa shape index (κ2) is 5.75. The zero-order valence-electron chi connectivity index (χ0n) is 11.8. The van der Waals surface area contributed by atoms with Gasteiger partial charge in [-0.15, -0.1) is 0 Å². The lowest BCUT2D eigenvalue weighted by Gasteiger charge is -2.03. The summed E-state index contributed by atoms with van der Waals surface area (Å²) < 4.78 is 0. The molecule has 0 aliphatic rings. The Labute approximate surface area is 123 Å². The molecule has 3 nitrogen and oxygen atoms in total. The number of Topliss-reactive ketones (excluding diaryl/α,β-unsaturated/α-hetero) is 1. The van der Waals surface area contributed by atoms with Crippen LogP contribution in [0, 0.1) is 0 Å². The molecule has 0 bridgehead atoms. The van der Waals surface area contributed by atoms with Crippen LogP contribution < -0.4 is 0 Å². The predicted molar refractivity (Wildman–Crippen MR) is 83.3 cm³/mol. The predicted octanol–water partition coefficient (Wildman–Crippen LogP) is 3.87. The lowest BCUT2D eigenvalue weighted by atomic mass is 9.99. The number of nitrogens with one attached hydrogen (secondary N) is 1. The fraction of sp³-hybridized carbons (Fsp3) is 0.111. The largest absolute Gasteiger partial charge is 0.294 e. The van der Waals surface area contributed by atoms with E-state index in [1.165, 1.54) is 0 Å². The number of carbonyl (C=O) groups is 1. The third-order valence-corrected chi connectivity index (χ3v) is 3.46. The Morgan fingerprint density at radius 3 is 2.24 bits per heavy atom. The summed E-state index contributed by atoms with van der Waals surface area (Å²) in [5, 5.41) is 7.39. The van der Waals surface area contributed by atoms with E-state index in [1.807, 2.05) is 60.7 Å². The van der Waals surface area contributed by atoms with Gasteiger partial charge in [0.15, 0.2) is 5.78 Å². The van der Waals surface area contributed by atoms with E-state index in [-0.39, 0.29) is 5.78 Å². The number of rotatable bonds is 4. The molecule has 2 aromatic carbocycles. The summed E-state index contributed by atoms with van der Waals surface area (Å²) in [5.41, 5.74) is 4.40. The van der Waals surface area contributed by atoms with Gasteiger partial charge in [-0.05, 0) is 12.5 Å². The summed E-state index contributed by atoms with van der Waals surface area (Å²) in [6, 6.07) is 19.9. The summed E-state index contributed by atoms with van der Waals surface area (Å²) in [6.45, 7) is 1.59. The summed E-state index contributed by atoms with van der Waals surface area (Å²) >= 11 is 0. The highest BCUT2D eigenvalue weighted by atomic mass is 16.1. The number of hydrogen-bond acceptors (Lipinski definition) is 2. The van der Waals surface area contributed by atoms with Crippen molar-refractivity contribution in [1.82, 2.24) is 10.2 Å². The van der Waals surface area contributed by atoms with Gasteiger partial charge in [-0.3, -0.25) is 9.89 Å². The first-order valence-electron chi connectivity index (χ1n) is 6.93. The first-order chi connectivity index (χ1) is 10.3. The highest BCUT2D eigenvalue weighted by molar-refractivity contribution is 6.01. The maximum atomic E-state index is 12.1. The number of nitrogens with zero attached hydrogens (tertiary/aromatic N) is 1. The van der Waals surface area contributed by atoms with Crippen LogP contribution in [0.4, 0.5) is 0 Å². The van der Waals surface area contributed by atoms with Crippen LogP contribution in [0.25, 0.3) is 11.3 Å². The third kappa shape index (κ3) is 2.77. The molecule has 0 spiro atoms. The minimum atomic E-state index is 0.0357. The van der Waals surface area contributed by atoms with Crippen LogP contribution in [0.5, 0.6) is 0 Å². The standard InChI is InChI=1S/C18H16N2O/c1-13(21)17-16(12-14-8-4-2-5-9-14)19-20-18(17)15-10-6-3-7-11-15/h2-11H,12H2,1H3,(H,19,20). The smallest absolute Gasteiger partial charge is 0.163 e. The van der Waals surface area contributed by atoms with E-state index in [9.17, 15) is 4.79 Å². The van der Waals surface area contributed by atoms with Crippen LogP contribution in [-0.2, 0) is 6.42 Å². The number of carbonyl (C=O) groups excluding carboxylic acids is 1. The van der Waals surface area contributed by atoms with Crippen molar-refractivity contribution in [2.75, 3.05) is 0 Å². The van der Waals surface area contributed by atoms with E-state index in [1.54, 1.807) is 6.92 Å². The molecule has 0 fully saturated rings. The quantitative estimate of drug-likeness (QED) is 0.735. The molecule has 0 saturated heterocycles. The van der Waals surface area contributed by atoms with Gasteiger partial charge in [-0.25, -0.2) is 0 Å². The maximum absolute atomic E-state index is 12.1. The van der Waals surface area contributed by atoms with E-state index in [4.69, 9.17) is 0 Å². The summed E-state index contributed by atoms with van der Waals surface area (Å²) in [5.74, 6) is 0.0357. The van der Waals surface area contributed by atoms with Crippen LogP contribution in [0.3, 0.4) is 0 Å². The number of H-pyrrole nitrogens is 1. The Kier molecular flexibility index (Phi) is 3.65. The zero-order chi connectivity index (χ0) is 14.7. The average Bonchev–Trinajstić information content (AvgIpc) is 2.93.